The lowest BCUT2D eigenvalue weighted by Crippen LogP contribution is -2.21. The zero-order valence-electron chi connectivity index (χ0n) is 9.33. The van der Waals surface area contributed by atoms with Crippen LogP contribution < -0.4 is 5.32 Å². The summed E-state index contributed by atoms with van der Waals surface area (Å²) >= 11 is 0. The summed E-state index contributed by atoms with van der Waals surface area (Å²) in [4.78, 5) is 4.21. The third-order valence-corrected chi connectivity index (χ3v) is 2.29. The molecule has 2 aromatic rings. The zero-order valence-corrected chi connectivity index (χ0v) is 9.33. The summed E-state index contributed by atoms with van der Waals surface area (Å²) in [5, 5.41) is 20.3. The number of nitrogens with one attached hydrogen (secondary N) is 1. The predicted molar refractivity (Wildman–Crippen MR) is 60.2 cm³/mol. The molecule has 2 N–H and O–H groups in total. The molecule has 2 aromatic heterocycles. The third kappa shape index (κ3) is 2.27. The molecule has 0 radical (unpaired) electrons. The van der Waals surface area contributed by atoms with Gasteiger partial charge in [0.2, 0.25) is 5.65 Å². The molecular weight excluding hydrogens is 206 g/mol. The second kappa shape index (κ2) is 4.44. The van der Waals surface area contributed by atoms with Gasteiger partial charge in [-0.25, -0.2) is 4.98 Å². The van der Waals surface area contributed by atoms with Crippen LogP contribution in [0.15, 0.2) is 18.7 Å². The highest BCUT2D eigenvalue weighted by Gasteiger charge is 2.10. The van der Waals surface area contributed by atoms with Crippen molar-refractivity contribution in [2.45, 2.75) is 32.4 Å². The van der Waals surface area contributed by atoms with E-state index in [1.807, 2.05) is 6.92 Å². The van der Waals surface area contributed by atoms with Crippen LogP contribution in [0, 0.1) is 0 Å². The van der Waals surface area contributed by atoms with Crippen LogP contribution in [0.3, 0.4) is 0 Å². The van der Waals surface area contributed by atoms with E-state index in [-0.39, 0.29) is 12.1 Å². The van der Waals surface area contributed by atoms with Gasteiger partial charge in [0.1, 0.15) is 6.33 Å². The van der Waals surface area contributed by atoms with Crippen LogP contribution in [0.5, 0.6) is 0 Å². The van der Waals surface area contributed by atoms with Gasteiger partial charge in [0.15, 0.2) is 5.82 Å². The molecule has 6 nitrogen and oxygen atoms in total. The lowest BCUT2D eigenvalue weighted by atomic mass is 10.1. The van der Waals surface area contributed by atoms with Gasteiger partial charge in [-0.1, -0.05) is 0 Å². The number of aliphatic hydroxyl groups is 1. The number of fused-ring (bicyclic) bond motifs is 1. The minimum atomic E-state index is -0.333. The molecule has 0 amide bonds. The van der Waals surface area contributed by atoms with E-state index in [0.29, 0.717) is 17.9 Å². The van der Waals surface area contributed by atoms with Crippen molar-refractivity contribution in [3.63, 3.8) is 0 Å². The maximum Gasteiger partial charge on any atom is 0.203 e. The van der Waals surface area contributed by atoms with Gasteiger partial charge in [-0.15, -0.1) is 10.2 Å². The van der Waals surface area contributed by atoms with Crippen LogP contribution >= 0.6 is 0 Å². The molecule has 0 saturated carbocycles. The molecule has 2 atom stereocenters. The molecule has 0 aliphatic heterocycles. The van der Waals surface area contributed by atoms with E-state index in [0.717, 1.165) is 0 Å². The fourth-order valence-corrected chi connectivity index (χ4v) is 1.66. The average Bonchev–Trinajstić information content (AvgIpc) is 2.65. The molecule has 86 valence electrons. The van der Waals surface area contributed by atoms with E-state index >= 15 is 0 Å². The molecule has 2 unspecified atom stereocenters. The molecule has 0 spiro atoms. The molecule has 2 heterocycles. The summed E-state index contributed by atoms with van der Waals surface area (Å²) < 4.78 is 1.80. The van der Waals surface area contributed by atoms with Crippen LogP contribution in [0.1, 0.15) is 20.3 Å². The normalized spacial score (nSPS) is 14.9. The number of aliphatic hydroxyl groups excluding tert-OH is 1. The number of nitrogens with zero attached hydrogens (tertiary/aromatic N) is 4. The first kappa shape index (κ1) is 10.8. The highest BCUT2D eigenvalue weighted by Crippen LogP contribution is 2.12. The SMILES string of the molecule is CC(O)CC(C)Nc1nccn2cnnc12. The van der Waals surface area contributed by atoms with E-state index in [2.05, 4.69) is 20.5 Å². The quantitative estimate of drug-likeness (QED) is 0.794. The van der Waals surface area contributed by atoms with E-state index in [1.165, 1.54) is 0 Å². The minimum absolute atomic E-state index is 0.135. The summed E-state index contributed by atoms with van der Waals surface area (Å²) in [6.07, 6.45) is 5.44. The van der Waals surface area contributed by atoms with Crippen molar-refractivity contribution < 1.29 is 5.11 Å². The Balaban J connectivity index is 2.17. The van der Waals surface area contributed by atoms with Crippen molar-refractivity contribution in [1.29, 1.82) is 0 Å². The Morgan fingerprint density at radius 1 is 1.50 bits per heavy atom. The molecule has 16 heavy (non-hydrogen) atoms. The van der Waals surface area contributed by atoms with E-state index < -0.39 is 0 Å². The third-order valence-electron chi connectivity index (χ3n) is 2.29. The van der Waals surface area contributed by atoms with Gasteiger partial charge in [-0.05, 0) is 20.3 Å². The fraction of sp³-hybridized carbons (Fsp3) is 0.500. The molecule has 0 aliphatic rings. The monoisotopic (exact) mass is 221 g/mol. The Hall–Kier alpha value is -1.69. The first-order valence-corrected chi connectivity index (χ1v) is 5.26. The standard InChI is InChI=1S/C10H15N5O/c1-7(5-8(2)16)13-9-10-14-12-6-15(10)4-3-11-9/h3-4,6-8,16H,5H2,1-2H3,(H,11,13). The maximum absolute atomic E-state index is 9.28. The molecular formula is C10H15N5O. The van der Waals surface area contributed by atoms with Crippen molar-refractivity contribution in [2.24, 2.45) is 0 Å². The predicted octanol–water partition coefficient (Wildman–Crippen LogP) is 0.696. The Labute approximate surface area is 93.3 Å². The first-order valence-electron chi connectivity index (χ1n) is 5.26. The number of rotatable bonds is 4. The summed E-state index contributed by atoms with van der Waals surface area (Å²) in [7, 11) is 0. The van der Waals surface area contributed by atoms with Gasteiger partial charge in [-0.2, -0.15) is 0 Å². The number of anilines is 1. The van der Waals surface area contributed by atoms with E-state index in [9.17, 15) is 5.11 Å². The van der Waals surface area contributed by atoms with Crippen LogP contribution in [0.2, 0.25) is 0 Å². The second-order valence-electron chi connectivity index (χ2n) is 3.97. The maximum atomic E-state index is 9.28. The largest absolute Gasteiger partial charge is 0.393 e. The minimum Gasteiger partial charge on any atom is -0.393 e. The Morgan fingerprint density at radius 3 is 3.06 bits per heavy atom. The second-order valence-corrected chi connectivity index (χ2v) is 3.97. The Bertz CT molecular complexity index is 467. The van der Waals surface area contributed by atoms with Gasteiger partial charge in [0.05, 0.1) is 6.10 Å². The lowest BCUT2D eigenvalue weighted by molar-refractivity contribution is 0.179. The summed E-state index contributed by atoms with van der Waals surface area (Å²) in [6, 6.07) is 0.135. The van der Waals surface area contributed by atoms with Crippen molar-refractivity contribution in [3.05, 3.63) is 18.7 Å². The van der Waals surface area contributed by atoms with Gasteiger partial charge in [0, 0.05) is 18.4 Å². The smallest absolute Gasteiger partial charge is 0.203 e. The Kier molecular flexibility index (Phi) is 3.00. The summed E-state index contributed by atoms with van der Waals surface area (Å²) in [5.41, 5.74) is 0.694. The molecule has 0 bridgehead atoms. The van der Waals surface area contributed by atoms with Crippen molar-refractivity contribution in [1.82, 2.24) is 19.6 Å². The molecule has 0 aromatic carbocycles. The van der Waals surface area contributed by atoms with Crippen LogP contribution in [-0.2, 0) is 0 Å². The molecule has 0 saturated heterocycles. The molecule has 0 fully saturated rings. The number of aromatic nitrogens is 4. The number of hydrogen-bond donors (Lipinski definition) is 2. The topological polar surface area (TPSA) is 75.3 Å². The molecule has 0 aliphatic carbocycles. The average molecular weight is 221 g/mol. The van der Waals surface area contributed by atoms with Gasteiger partial charge in [0.25, 0.3) is 0 Å². The molecule has 6 heteroatoms. The van der Waals surface area contributed by atoms with Gasteiger partial charge in [-0.3, -0.25) is 4.40 Å². The van der Waals surface area contributed by atoms with E-state index in [1.54, 1.807) is 30.0 Å². The van der Waals surface area contributed by atoms with Crippen molar-refractivity contribution >= 4 is 11.5 Å². The summed E-state index contributed by atoms with van der Waals surface area (Å²) in [5.74, 6) is 0.688. The fourth-order valence-electron chi connectivity index (χ4n) is 1.66. The first-order chi connectivity index (χ1) is 7.66. The van der Waals surface area contributed by atoms with Gasteiger partial charge < -0.3 is 10.4 Å². The van der Waals surface area contributed by atoms with Crippen LogP contribution in [0.25, 0.3) is 5.65 Å². The molecule has 2 rings (SSSR count). The lowest BCUT2D eigenvalue weighted by Gasteiger charge is -2.15. The van der Waals surface area contributed by atoms with Crippen molar-refractivity contribution in [3.8, 4) is 0 Å². The van der Waals surface area contributed by atoms with E-state index in [4.69, 9.17) is 0 Å². The highest BCUT2D eigenvalue weighted by atomic mass is 16.3. The zero-order chi connectivity index (χ0) is 11.5. The highest BCUT2D eigenvalue weighted by molar-refractivity contribution is 5.61. The van der Waals surface area contributed by atoms with Crippen LogP contribution in [-0.4, -0.2) is 36.8 Å². The van der Waals surface area contributed by atoms with Crippen LogP contribution in [0.4, 0.5) is 5.82 Å². The summed E-state index contributed by atoms with van der Waals surface area (Å²) in [6.45, 7) is 3.76. The van der Waals surface area contributed by atoms with Gasteiger partial charge >= 0.3 is 0 Å². The van der Waals surface area contributed by atoms with Crippen molar-refractivity contribution in [2.75, 3.05) is 5.32 Å². The number of hydrogen-bond acceptors (Lipinski definition) is 5. The Morgan fingerprint density at radius 2 is 2.31 bits per heavy atom.